The monoisotopic (exact) mass is 421 g/mol. The summed E-state index contributed by atoms with van der Waals surface area (Å²) < 4.78 is 6.84. The molecule has 30 heavy (non-hydrogen) atoms. The first-order chi connectivity index (χ1) is 14.5. The molecule has 1 N–H and O–H groups in total. The Kier molecular flexibility index (Phi) is 5.37. The van der Waals surface area contributed by atoms with Crippen molar-refractivity contribution < 1.29 is 9.53 Å². The van der Waals surface area contributed by atoms with Gasteiger partial charge in [0.2, 0.25) is 5.88 Å². The van der Waals surface area contributed by atoms with Gasteiger partial charge in [0.25, 0.3) is 5.91 Å². The third-order valence-electron chi connectivity index (χ3n) is 4.77. The van der Waals surface area contributed by atoms with E-state index in [0.717, 1.165) is 11.1 Å². The van der Waals surface area contributed by atoms with Crippen molar-refractivity contribution in [3.63, 3.8) is 0 Å². The van der Waals surface area contributed by atoms with Gasteiger partial charge in [-0.05, 0) is 31.5 Å². The van der Waals surface area contributed by atoms with Crippen LogP contribution in [0, 0.1) is 13.8 Å². The molecular weight excluding hydrogens is 402 g/mol. The molecule has 1 amide bonds. The molecular formula is C22H20ClN5O2. The number of halogens is 1. The summed E-state index contributed by atoms with van der Waals surface area (Å²) in [4.78, 5) is 21.4. The van der Waals surface area contributed by atoms with E-state index in [9.17, 15) is 4.79 Å². The Balaban J connectivity index is 1.64. The van der Waals surface area contributed by atoms with Crippen LogP contribution in [0.15, 0.2) is 48.8 Å². The topological polar surface area (TPSA) is 81.9 Å². The van der Waals surface area contributed by atoms with Crippen molar-refractivity contribution in [3.05, 3.63) is 76.2 Å². The second-order valence-electron chi connectivity index (χ2n) is 6.96. The number of aromatic nitrogens is 4. The summed E-state index contributed by atoms with van der Waals surface area (Å²) in [6.45, 7) is 4.31. The fourth-order valence-electron chi connectivity index (χ4n) is 3.18. The maximum Gasteiger partial charge on any atom is 0.258 e. The maximum atomic E-state index is 12.8. The Hall–Kier alpha value is -3.45. The molecule has 0 bridgehead atoms. The highest BCUT2D eigenvalue weighted by molar-refractivity contribution is 6.39. The van der Waals surface area contributed by atoms with E-state index in [2.05, 4.69) is 20.4 Å². The number of pyridine rings is 2. The molecule has 8 heteroatoms. The number of amides is 1. The standard InChI is InChI=1S/C22H20ClN5O2/c1-13-4-7-16(8-5-13)26-22(29)17-11-25-21-19(20(17)23)14(2)27-28(21)12-15-6-9-18(30-3)24-10-15/h4-11H,12H2,1-3H3,(H,26,29). The lowest BCUT2D eigenvalue weighted by molar-refractivity contribution is 0.102. The van der Waals surface area contributed by atoms with Gasteiger partial charge in [-0.15, -0.1) is 0 Å². The Morgan fingerprint density at radius 3 is 2.53 bits per heavy atom. The molecule has 4 rings (SSSR count). The van der Waals surface area contributed by atoms with Crippen LogP contribution >= 0.6 is 11.6 Å². The lowest BCUT2D eigenvalue weighted by atomic mass is 10.1. The normalized spacial score (nSPS) is 10.9. The van der Waals surface area contributed by atoms with Crippen LogP contribution in [0.1, 0.15) is 27.2 Å². The van der Waals surface area contributed by atoms with Crippen LogP contribution in [-0.2, 0) is 6.54 Å². The van der Waals surface area contributed by atoms with Crippen LogP contribution in [0.4, 0.5) is 5.69 Å². The molecule has 0 aliphatic rings. The van der Waals surface area contributed by atoms with E-state index in [0.29, 0.717) is 45.4 Å². The van der Waals surface area contributed by atoms with Crippen molar-refractivity contribution in [1.82, 2.24) is 19.7 Å². The lowest BCUT2D eigenvalue weighted by Crippen LogP contribution is -2.13. The van der Waals surface area contributed by atoms with Crippen molar-refractivity contribution in [2.24, 2.45) is 0 Å². The van der Waals surface area contributed by atoms with Crippen molar-refractivity contribution in [2.45, 2.75) is 20.4 Å². The number of hydrogen-bond donors (Lipinski definition) is 1. The summed E-state index contributed by atoms with van der Waals surface area (Å²) in [6.07, 6.45) is 3.21. The number of carbonyl (C=O) groups is 1. The van der Waals surface area contributed by atoms with Crippen LogP contribution in [0.2, 0.25) is 5.02 Å². The summed E-state index contributed by atoms with van der Waals surface area (Å²) in [5.41, 5.74) is 4.37. The molecule has 3 heterocycles. The summed E-state index contributed by atoms with van der Waals surface area (Å²) in [5.74, 6) is 0.232. The first-order valence-corrected chi connectivity index (χ1v) is 9.72. The molecule has 0 saturated heterocycles. The van der Waals surface area contributed by atoms with E-state index in [-0.39, 0.29) is 5.91 Å². The van der Waals surface area contributed by atoms with E-state index in [4.69, 9.17) is 16.3 Å². The van der Waals surface area contributed by atoms with E-state index in [1.807, 2.05) is 44.2 Å². The van der Waals surface area contributed by atoms with E-state index in [1.54, 1.807) is 24.1 Å². The van der Waals surface area contributed by atoms with Crippen molar-refractivity contribution in [1.29, 1.82) is 0 Å². The van der Waals surface area contributed by atoms with Crippen molar-refractivity contribution in [2.75, 3.05) is 12.4 Å². The van der Waals surface area contributed by atoms with Gasteiger partial charge in [0, 0.05) is 24.1 Å². The summed E-state index contributed by atoms with van der Waals surface area (Å²) in [5, 5.41) is 8.41. The van der Waals surface area contributed by atoms with Gasteiger partial charge in [-0.2, -0.15) is 5.10 Å². The van der Waals surface area contributed by atoms with Crippen LogP contribution in [-0.4, -0.2) is 32.8 Å². The molecule has 0 saturated carbocycles. The van der Waals surface area contributed by atoms with Gasteiger partial charge in [-0.25, -0.2) is 14.6 Å². The number of ether oxygens (including phenoxy) is 1. The smallest absolute Gasteiger partial charge is 0.258 e. The van der Waals surface area contributed by atoms with E-state index >= 15 is 0 Å². The Labute approximate surface area is 178 Å². The molecule has 0 fully saturated rings. The highest BCUT2D eigenvalue weighted by Gasteiger charge is 2.19. The molecule has 152 valence electrons. The van der Waals surface area contributed by atoms with Gasteiger partial charge in [-0.1, -0.05) is 35.4 Å². The minimum absolute atomic E-state index is 0.304. The molecule has 0 aliphatic carbocycles. The number of aryl methyl sites for hydroxylation is 2. The minimum Gasteiger partial charge on any atom is -0.481 e. The van der Waals surface area contributed by atoms with Crippen LogP contribution in [0.25, 0.3) is 11.0 Å². The third-order valence-corrected chi connectivity index (χ3v) is 5.16. The number of rotatable bonds is 5. The summed E-state index contributed by atoms with van der Waals surface area (Å²) in [7, 11) is 1.57. The largest absolute Gasteiger partial charge is 0.481 e. The van der Waals surface area contributed by atoms with Gasteiger partial charge in [0.1, 0.15) is 0 Å². The number of benzene rings is 1. The van der Waals surface area contributed by atoms with E-state index in [1.165, 1.54) is 6.20 Å². The average Bonchev–Trinajstić information content (AvgIpc) is 3.06. The fourth-order valence-corrected chi connectivity index (χ4v) is 3.53. The van der Waals surface area contributed by atoms with E-state index < -0.39 is 0 Å². The SMILES string of the molecule is COc1ccc(Cn2nc(C)c3c(Cl)c(C(=O)Nc4ccc(C)cc4)cnc32)cn1. The summed E-state index contributed by atoms with van der Waals surface area (Å²) >= 11 is 6.61. The van der Waals surface area contributed by atoms with Crippen LogP contribution in [0.3, 0.4) is 0 Å². The minimum atomic E-state index is -0.315. The van der Waals surface area contributed by atoms with Crippen molar-refractivity contribution >= 4 is 34.2 Å². The number of nitrogens with zero attached hydrogens (tertiary/aromatic N) is 4. The molecule has 0 atom stereocenters. The quantitative estimate of drug-likeness (QED) is 0.516. The zero-order chi connectivity index (χ0) is 21.3. The Morgan fingerprint density at radius 1 is 1.10 bits per heavy atom. The molecule has 0 unspecified atom stereocenters. The van der Waals surface area contributed by atoms with Gasteiger partial charge >= 0.3 is 0 Å². The summed E-state index contributed by atoms with van der Waals surface area (Å²) in [6, 6.07) is 11.3. The number of nitrogens with one attached hydrogen (secondary N) is 1. The molecule has 1 aromatic carbocycles. The average molecular weight is 422 g/mol. The number of anilines is 1. The fraction of sp³-hybridized carbons (Fsp3) is 0.182. The number of fused-ring (bicyclic) bond motifs is 1. The zero-order valence-electron chi connectivity index (χ0n) is 16.8. The number of carbonyl (C=O) groups excluding carboxylic acids is 1. The maximum absolute atomic E-state index is 12.8. The molecule has 0 aliphatic heterocycles. The van der Waals surface area contributed by atoms with Gasteiger partial charge < -0.3 is 10.1 Å². The highest BCUT2D eigenvalue weighted by atomic mass is 35.5. The van der Waals surface area contributed by atoms with Gasteiger partial charge in [0.05, 0.1) is 35.3 Å². The molecule has 7 nitrogen and oxygen atoms in total. The molecule has 4 aromatic rings. The first kappa shape index (κ1) is 19.8. The third kappa shape index (κ3) is 3.84. The molecule has 0 radical (unpaired) electrons. The number of hydrogen-bond acceptors (Lipinski definition) is 5. The Morgan fingerprint density at radius 2 is 1.87 bits per heavy atom. The molecule has 3 aromatic heterocycles. The van der Waals surface area contributed by atoms with Crippen LogP contribution in [0.5, 0.6) is 5.88 Å². The van der Waals surface area contributed by atoms with Gasteiger partial charge in [-0.3, -0.25) is 4.79 Å². The van der Waals surface area contributed by atoms with Crippen LogP contribution < -0.4 is 10.1 Å². The Bertz CT molecular complexity index is 1220. The van der Waals surface area contributed by atoms with Gasteiger partial charge in [0.15, 0.2) is 5.65 Å². The first-order valence-electron chi connectivity index (χ1n) is 9.35. The highest BCUT2D eigenvalue weighted by Crippen LogP contribution is 2.29. The predicted octanol–water partition coefficient (Wildman–Crippen LogP) is 4.41. The number of methoxy groups -OCH3 is 1. The second-order valence-corrected chi connectivity index (χ2v) is 7.33. The van der Waals surface area contributed by atoms with Crippen molar-refractivity contribution in [3.8, 4) is 5.88 Å². The molecule has 0 spiro atoms. The lowest BCUT2D eigenvalue weighted by Gasteiger charge is -2.08. The predicted molar refractivity (Wildman–Crippen MR) is 116 cm³/mol. The zero-order valence-corrected chi connectivity index (χ0v) is 17.6. The second kappa shape index (κ2) is 8.12.